The van der Waals surface area contributed by atoms with Gasteiger partial charge in [0.05, 0.1) is 6.54 Å². The fourth-order valence-electron chi connectivity index (χ4n) is 1.61. The zero-order valence-electron chi connectivity index (χ0n) is 12.6. The first kappa shape index (κ1) is 17.7. The number of hydrogen-bond donors (Lipinski definition) is 1. The summed E-state index contributed by atoms with van der Waals surface area (Å²) in [5.74, 6) is 0.709. The smallest absolute Gasteiger partial charge is 0.243 e. The number of guanidine groups is 1. The number of aliphatic imine (C=N–C) groups is 1. The molecule has 2 rings (SSSR count). The fraction of sp³-hybridized carbons (Fsp3) is 0.615. The molecule has 0 aromatic carbocycles. The normalized spacial score (nSPS) is 14.3. The van der Waals surface area contributed by atoms with Crippen molar-refractivity contribution in [1.82, 2.24) is 20.3 Å². The lowest BCUT2D eigenvalue weighted by Crippen LogP contribution is -2.40. The average molecular weight is 407 g/mol. The van der Waals surface area contributed by atoms with Gasteiger partial charge in [0.1, 0.15) is 18.5 Å². The third-order valence-electron chi connectivity index (χ3n) is 3.03. The van der Waals surface area contributed by atoms with Gasteiger partial charge in [0.15, 0.2) is 5.96 Å². The SMILES string of the molecule is CN(C)C(=O)CN=C(NC1CC1)N(C)Cc1ccon1.I. The Morgan fingerprint density at radius 1 is 1.48 bits per heavy atom. The van der Waals surface area contributed by atoms with Gasteiger partial charge in [-0.1, -0.05) is 5.16 Å². The molecule has 1 aromatic heterocycles. The summed E-state index contributed by atoms with van der Waals surface area (Å²) in [6.07, 6.45) is 3.85. The number of aromatic nitrogens is 1. The highest BCUT2D eigenvalue weighted by Crippen LogP contribution is 2.19. The number of carbonyl (C=O) groups is 1. The van der Waals surface area contributed by atoms with Crippen LogP contribution in [0.3, 0.4) is 0 Å². The van der Waals surface area contributed by atoms with Gasteiger partial charge < -0.3 is 19.6 Å². The van der Waals surface area contributed by atoms with Gasteiger partial charge >= 0.3 is 0 Å². The molecule has 0 aliphatic heterocycles. The number of amides is 1. The van der Waals surface area contributed by atoms with Crippen molar-refractivity contribution >= 4 is 35.8 Å². The van der Waals surface area contributed by atoms with Gasteiger partial charge in [0, 0.05) is 33.3 Å². The number of nitrogens with zero attached hydrogens (tertiary/aromatic N) is 4. The summed E-state index contributed by atoms with van der Waals surface area (Å²) in [5, 5.41) is 7.23. The van der Waals surface area contributed by atoms with Crippen LogP contribution in [0.2, 0.25) is 0 Å². The first-order valence-corrected chi connectivity index (χ1v) is 6.68. The maximum Gasteiger partial charge on any atom is 0.243 e. The van der Waals surface area contributed by atoms with E-state index in [9.17, 15) is 4.79 Å². The number of halogens is 1. The molecule has 0 unspecified atom stereocenters. The molecule has 8 heteroatoms. The second-order valence-corrected chi connectivity index (χ2v) is 5.19. The van der Waals surface area contributed by atoms with Crippen molar-refractivity contribution in [3.8, 4) is 0 Å². The van der Waals surface area contributed by atoms with E-state index < -0.39 is 0 Å². The lowest BCUT2D eigenvalue weighted by Gasteiger charge is -2.21. The molecule has 1 heterocycles. The van der Waals surface area contributed by atoms with Crippen LogP contribution < -0.4 is 5.32 Å². The lowest BCUT2D eigenvalue weighted by atomic mass is 10.4. The van der Waals surface area contributed by atoms with E-state index in [2.05, 4.69) is 15.5 Å². The minimum Gasteiger partial charge on any atom is -0.364 e. The number of nitrogens with one attached hydrogen (secondary N) is 1. The summed E-state index contributed by atoms with van der Waals surface area (Å²) in [5.41, 5.74) is 0.830. The van der Waals surface area contributed by atoms with E-state index in [0.717, 1.165) is 24.5 Å². The highest BCUT2D eigenvalue weighted by molar-refractivity contribution is 14.0. The predicted molar refractivity (Wildman–Crippen MR) is 90.5 cm³/mol. The highest BCUT2D eigenvalue weighted by atomic mass is 127. The Morgan fingerprint density at radius 3 is 2.71 bits per heavy atom. The Balaban J connectivity index is 0.00000220. The van der Waals surface area contributed by atoms with Crippen LogP contribution in [0.15, 0.2) is 21.8 Å². The van der Waals surface area contributed by atoms with Crippen LogP contribution in [0.25, 0.3) is 0 Å². The number of carbonyl (C=O) groups excluding carboxylic acids is 1. The second-order valence-electron chi connectivity index (χ2n) is 5.19. The van der Waals surface area contributed by atoms with Crippen LogP contribution in [0.1, 0.15) is 18.5 Å². The molecule has 1 amide bonds. The summed E-state index contributed by atoms with van der Waals surface area (Å²) in [4.78, 5) is 19.5. The van der Waals surface area contributed by atoms with Crippen LogP contribution in [0, 0.1) is 0 Å². The first-order chi connectivity index (χ1) is 9.56. The molecular formula is C13H22IN5O2. The van der Waals surface area contributed by atoms with E-state index >= 15 is 0 Å². The Hall–Kier alpha value is -1.32. The minimum absolute atomic E-state index is 0. The maximum absolute atomic E-state index is 11.6. The van der Waals surface area contributed by atoms with E-state index in [-0.39, 0.29) is 36.4 Å². The molecule has 0 atom stereocenters. The Kier molecular flexibility index (Phi) is 6.93. The van der Waals surface area contributed by atoms with Crippen LogP contribution in [0.5, 0.6) is 0 Å². The molecule has 1 fully saturated rings. The van der Waals surface area contributed by atoms with Crippen molar-refractivity contribution < 1.29 is 9.32 Å². The largest absolute Gasteiger partial charge is 0.364 e. The fourth-order valence-corrected chi connectivity index (χ4v) is 1.61. The molecule has 1 aliphatic rings. The minimum atomic E-state index is -0.0186. The summed E-state index contributed by atoms with van der Waals surface area (Å²) in [7, 11) is 5.37. The van der Waals surface area contributed by atoms with Gasteiger partial charge in [0.2, 0.25) is 5.91 Å². The molecule has 7 nitrogen and oxygen atoms in total. The van der Waals surface area contributed by atoms with Crippen LogP contribution in [-0.2, 0) is 11.3 Å². The van der Waals surface area contributed by atoms with E-state index in [1.165, 1.54) is 4.90 Å². The molecule has 0 radical (unpaired) electrons. The molecule has 1 N–H and O–H groups in total. The summed E-state index contributed by atoms with van der Waals surface area (Å²) in [6, 6.07) is 2.29. The zero-order valence-corrected chi connectivity index (χ0v) is 14.9. The third-order valence-corrected chi connectivity index (χ3v) is 3.03. The van der Waals surface area contributed by atoms with Crippen molar-refractivity contribution in [2.45, 2.75) is 25.4 Å². The lowest BCUT2D eigenvalue weighted by molar-refractivity contribution is -0.127. The van der Waals surface area contributed by atoms with Crippen molar-refractivity contribution in [3.63, 3.8) is 0 Å². The molecule has 0 bridgehead atoms. The molecule has 1 aromatic rings. The molecule has 1 saturated carbocycles. The molecular weight excluding hydrogens is 385 g/mol. The third kappa shape index (κ3) is 5.90. The zero-order chi connectivity index (χ0) is 14.5. The first-order valence-electron chi connectivity index (χ1n) is 6.68. The predicted octanol–water partition coefficient (Wildman–Crippen LogP) is 0.921. The number of hydrogen-bond acceptors (Lipinski definition) is 4. The van der Waals surface area contributed by atoms with Gasteiger partial charge in [-0.3, -0.25) is 4.79 Å². The van der Waals surface area contributed by atoms with Crippen molar-refractivity contribution in [2.75, 3.05) is 27.7 Å². The van der Waals surface area contributed by atoms with E-state index in [4.69, 9.17) is 4.52 Å². The van der Waals surface area contributed by atoms with Crippen LogP contribution >= 0.6 is 24.0 Å². The molecule has 118 valence electrons. The summed E-state index contributed by atoms with van der Waals surface area (Å²) < 4.78 is 4.82. The van der Waals surface area contributed by atoms with Gasteiger partial charge in [-0.05, 0) is 12.8 Å². The van der Waals surface area contributed by atoms with Crippen LogP contribution in [-0.4, -0.2) is 60.6 Å². The van der Waals surface area contributed by atoms with Gasteiger partial charge in [-0.25, -0.2) is 4.99 Å². The van der Waals surface area contributed by atoms with Crippen molar-refractivity contribution in [1.29, 1.82) is 0 Å². The van der Waals surface area contributed by atoms with Crippen molar-refractivity contribution in [3.05, 3.63) is 18.0 Å². The monoisotopic (exact) mass is 407 g/mol. The molecule has 0 saturated heterocycles. The summed E-state index contributed by atoms with van der Waals surface area (Å²) in [6.45, 7) is 0.733. The molecule has 0 spiro atoms. The Morgan fingerprint density at radius 2 is 2.19 bits per heavy atom. The molecule has 1 aliphatic carbocycles. The van der Waals surface area contributed by atoms with Crippen molar-refractivity contribution in [2.24, 2.45) is 4.99 Å². The Bertz CT molecular complexity index is 471. The maximum atomic E-state index is 11.6. The average Bonchev–Trinajstić information content (AvgIpc) is 3.09. The van der Waals surface area contributed by atoms with E-state index in [1.54, 1.807) is 20.4 Å². The Labute approximate surface area is 141 Å². The standard InChI is InChI=1S/C13H21N5O2.HI/c1-17(2)12(19)8-14-13(15-10-4-5-10)18(3)9-11-6-7-20-16-11;/h6-7,10H,4-5,8-9H2,1-3H3,(H,14,15);1H. The highest BCUT2D eigenvalue weighted by Gasteiger charge is 2.24. The number of rotatable bonds is 5. The van der Waals surface area contributed by atoms with E-state index in [0.29, 0.717) is 12.6 Å². The molecule has 21 heavy (non-hydrogen) atoms. The number of likely N-dealkylation sites (N-methyl/N-ethyl adjacent to an activating group) is 1. The second kappa shape index (κ2) is 8.20. The van der Waals surface area contributed by atoms with Gasteiger partial charge in [-0.15, -0.1) is 24.0 Å². The van der Waals surface area contributed by atoms with Gasteiger partial charge in [-0.2, -0.15) is 0 Å². The van der Waals surface area contributed by atoms with Gasteiger partial charge in [0.25, 0.3) is 0 Å². The summed E-state index contributed by atoms with van der Waals surface area (Å²) >= 11 is 0. The van der Waals surface area contributed by atoms with E-state index in [1.807, 2.05) is 18.0 Å². The topological polar surface area (TPSA) is 74.0 Å². The van der Waals surface area contributed by atoms with Crippen LogP contribution in [0.4, 0.5) is 0 Å². The quantitative estimate of drug-likeness (QED) is 0.447.